The molecule has 1 aromatic carbocycles. The molecule has 6 N–H and O–H groups in total. The average molecular weight is 425 g/mol. The van der Waals surface area contributed by atoms with Crippen molar-refractivity contribution in [3.63, 3.8) is 0 Å². The van der Waals surface area contributed by atoms with Crippen molar-refractivity contribution in [2.24, 2.45) is 0 Å². The van der Waals surface area contributed by atoms with Crippen LogP contribution < -0.4 is 0 Å². The van der Waals surface area contributed by atoms with Crippen LogP contribution in [0.3, 0.4) is 0 Å². The van der Waals surface area contributed by atoms with Crippen LogP contribution in [0.25, 0.3) is 0 Å². The van der Waals surface area contributed by atoms with Crippen molar-refractivity contribution in [1.29, 1.82) is 0 Å². The quantitative estimate of drug-likeness (QED) is 0.345. The second-order valence-electron chi connectivity index (χ2n) is 5.13. The lowest BCUT2D eigenvalue weighted by Gasteiger charge is -1.97. The van der Waals surface area contributed by atoms with Gasteiger partial charge in [0.2, 0.25) is 0 Å². The standard InChI is InChI=1S/C9H12O.C4H10O2.2C3H8O2.C2H6O/c1-2-8-3-5-9(7-10)6-4-8;1-2-4(6)3-5;2*1-2-5-3-4;1-2-3/h3-6,10H,2,7H2,1H3;4-6H,2-3H2,1H3;2*4H,2-3H2,1H3;3H,2H2,1H3. The van der Waals surface area contributed by atoms with Gasteiger partial charge < -0.3 is 40.1 Å². The highest BCUT2D eigenvalue weighted by molar-refractivity contribution is 5.21. The fourth-order valence-corrected chi connectivity index (χ4v) is 1.19. The molecule has 176 valence electrons. The summed E-state index contributed by atoms with van der Waals surface area (Å²) in [5.41, 5.74) is 2.30. The Hall–Kier alpha value is -1.10. The van der Waals surface area contributed by atoms with E-state index < -0.39 is 6.10 Å². The molecule has 0 bridgehead atoms. The molecule has 1 aromatic rings. The number of aliphatic hydroxyl groups excluding tert-OH is 6. The Morgan fingerprint density at radius 2 is 1.10 bits per heavy atom. The van der Waals surface area contributed by atoms with Crippen LogP contribution in [0, 0.1) is 0 Å². The predicted molar refractivity (Wildman–Crippen MR) is 115 cm³/mol. The van der Waals surface area contributed by atoms with E-state index in [1.807, 2.05) is 45.0 Å². The maximum Gasteiger partial charge on any atom is 0.143 e. The summed E-state index contributed by atoms with van der Waals surface area (Å²) in [6, 6.07) is 8.01. The third-order valence-corrected chi connectivity index (χ3v) is 2.89. The normalized spacial score (nSPS) is 9.90. The number of ether oxygens (including phenoxy) is 2. The number of aryl methyl sites for hydroxylation is 1. The largest absolute Gasteiger partial charge is 0.397 e. The summed E-state index contributed by atoms with van der Waals surface area (Å²) in [5.74, 6) is 0. The van der Waals surface area contributed by atoms with Gasteiger partial charge in [-0.15, -0.1) is 0 Å². The van der Waals surface area contributed by atoms with Gasteiger partial charge in [-0.05, 0) is 44.7 Å². The Labute approximate surface area is 176 Å². The second kappa shape index (κ2) is 34.4. The Morgan fingerprint density at radius 1 is 0.724 bits per heavy atom. The topological polar surface area (TPSA) is 140 Å². The fourth-order valence-electron chi connectivity index (χ4n) is 1.19. The van der Waals surface area contributed by atoms with Crippen LogP contribution in [-0.2, 0) is 22.5 Å². The Morgan fingerprint density at radius 3 is 1.24 bits per heavy atom. The van der Waals surface area contributed by atoms with Gasteiger partial charge >= 0.3 is 0 Å². The first-order chi connectivity index (χ1) is 13.9. The number of hydrogen-bond acceptors (Lipinski definition) is 8. The van der Waals surface area contributed by atoms with Gasteiger partial charge in [0.25, 0.3) is 0 Å². The summed E-state index contributed by atoms with van der Waals surface area (Å²) in [6.07, 6.45) is 1.19. The predicted octanol–water partition coefficient (Wildman–Crippen LogP) is 1.43. The van der Waals surface area contributed by atoms with Crippen molar-refractivity contribution in [2.75, 3.05) is 40.0 Å². The third kappa shape index (κ3) is 38.2. The number of benzene rings is 1. The molecule has 1 atom stereocenters. The minimum atomic E-state index is -0.509. The van der Waals surface area contributed by atoms with Gasteiger partial charge in [-0.2, -0.15) is 0 Å². The van der Waals surface area contributed by atoms with Gasteiger partial charge in [0, 0.05) is 19.8 Å². The van der Waals surface area contributed by atoms with Crippen molar-refractivity contribution >= 4 is 0 Å². The molecule has 0 spiro atoms. The smallest absolute Gasteiger partial charge is 0.143 e. The zero-order valence-corrected chi connectivity index (χ0v) is 18.8. The fraction of sp³-hybridized carbons (Fsp3) is 0.714. The molecule has 1 unspecified atom stereocenters. The summed E-state index contributed by atoms with van der Waals surface area (Å²) in [7, 11) is 0. The van der Waals surface area contributed by atoms with Crippen LogP contribution >= 0.6 is 0 Å². The highest BCUT2D eigenvalue weighted by Crippen LogP contribution is 2.03. The Balaban J connectivity index is -0.000000144. The molecular weight excluding hydrogens is 380 g/mol. The zero-order chi connectivity index (χ0) is 23.3. The molecule has 29 heavy (non-hydrogen) atoms. The van der Waals surface area contributed by atoms with E-state index in [0.29, 0.717) is 19.6 Å². The van der Waals surface area contributed by atoms with Crippen molar-refractivity contribution < 1.29 is 40.1 Å². The lowest BCUT2D eigenvalue weighted by Crippen LogP contribution is -2.08. The van der Waals surface area contributed by atoms with E-state index in [1.165, 1.54) is 5.56 Å². The third-order valence-electron chi connectivity index (χ3n) is 2.89. The van der Waals surface area contributed by atoms with Crippen molar-refractivity contribution in [3.8, 4) is 0 Å². The Bertz CT molecular complexity index is 323. The minimum absolute atomic E-state index is 0.115. The first-order valence-electron chi connectivity index (χ1n) is 9.87. The summed E-state index contributed by atoms with van der Waals surface area (Å²) in [4.78, 5) is 0. The van der Waals surface area contributed by atoms with Crippen LogP contribution in [0.1, 0.15) is 52.2 Å². The monoisotopic (exact) mass is 424 g/mol. The molecule has 0 aliphatic heterocycles. The molecule has 0 saturated carbocycles. The SMILES string of the molecule is CCC(O)CO.CCO.CCOCO.CCOCO.CCc1ccc(CO)cc1. The van der Waals surface area contributed by atoms with Gasteiger partial charge in [0.15, 0.2) is 0 Å². The number of hydrogen-bond donors (Lipinski definition) is 6. The van der Waals surface area contributed by atoms with Gasteiger partial charge in [0.1, 0.15) is 13.6 Å². The molecule has 0 heterocycles. The maximum atomic E-state index is 8.70. The highest BCUT2D eigenvalue weighted by atomic mass is 16.6. The molecule has 1 rings (SSSR count). The maximum absolute atomic E-state index is 8.70. The molecule has 0 aromatic heterocycles. The molecule has 8 nitrogen and oxygen atoms in total. The molecule has 0 radical (unpaired) electrons. The lowest BCUT2D eigenvalue weighted by molar-refractivity contribution is 0.00505. The van der Waals surface area contributed by atoms with Crippen molar-refractivity contribution in [1.82, 2.24) is 0 Å². The van der Waals surface area contributed by atoms with E-state index >= 15 is 0 Å². The van der Waals surface area contributed by atoms with E-state index in [2.05, 4.69) is 16.4 Å². The average Bonchev–Trinajstić information content (AvgIpc) is 2.76. The van der Waals surface area contributed by atoms with Gasteiger partial charge in [0.05, 0.1) is 19.3 Å². The van der Waals surface area contributed by atoms with Crippen molar-refractivity contribution in [2.45, 2.75) is 60.2 Å². The van der Waals surface area contributed by atoms with Crippen LogP contribution in [0.4, 0.5) is 0 Å². The molecule has 0 saturated heterocycles. The molecule has 0 fully saturated rings. The summed E-state index contributed by atoms with van der Waals surface area (Å²) in [6.45, 7) is 10.4. The first kappa shape index (κ1) is 35.3. The van der Waals surface area contributed by atoms with Gasteiger partial charge in [-0.25, -0.2) is 0 Å². The summed E-state index contributed by atoms with van der Waals surface area (Å²) >= 11 is 0. The molecule has 0 amide bonds. The van der Waals surface area contributed by atoms with E-state index in [1.54, 1.807) is 6.92 Å². The first-order valence-corrected chi connectivity index (χ1v) is 9.87. The van der Waals surface area contributed by atoms with Crippen LogP contribution in [0.15, 0.2) is 24.3 Å². The Kier molecular flexibility index (Phi) is 41.9. The van der Waals surface area contributed by atoms with Gasteiger partial charge in [-0.1, -0.05) is 38.1 Å². The van der Waals surface area contributed by atoms with Crippen molar-refractivity contribution in [3.05, 3.63) is 35.4 Å². The summed E-state index contributed by atoms with van der Waals surface area (Å²) in [5, 5.41) is 48.5. The molecule has 0 aliphatic rings. The van der Waals surface area contributed by atoms with Crippen LogP contribution in [-0.4, -0.2) is 76.8 Å². The van der Waals surface area contributed by atoms with E-state index in [9.17, 15) is 0 Å². The van der Waals surface area contributed by atoms with Crippen LogP contribution in [0.2, 0.25) is 0 Å². The van der Waals surface area contributed by atoms with E-state index in [0.717, 1.165) is 12.0 Å². The summed E-state index contributed by atoms with van der Waals surface area (Å²) < 4.78 is 8.78. The highest BCUT2D eigenvalue weighted by Gasteiger charge is 1.92. The molecular formula is C21H44O8. The number of aliphatic hydroxyl groups is 6. The van der Waals surface area contributed by atoms with E-state index in [-0.39, 0.29) is 33.4 Å². The molecule has 0 aliphatic carbocycles. The van der Waals surface area contributed by atoms with Gasteiger partial charge in [-0.3, -0.25) is 0 Å². The second-order valence-corrected chi connectivity index (χ2v) is 5.13. The zero-order valence-electron chi connectivity index (χ0n) is 18.8. The van der Waals surface area contributed by atoms with E-state index in [4.69, 9.17) is 30.6 Å². The number of rotatable bonds is 8. The lowest BCUT2D eigenvalue weighted by atomic mass is 10.1. The molecule has 8 heteroatoms. The minimum Gasteiger partial charge on any atom is -0.397 e. The van der Waals surface area contributed by atoms with Crippen LogP contribution in [0.5, 0.6) is 0 Å².